The van der Waals surface area contributed by atoms with Gasteiger partial charge in [-0.25, -0.2) is 4.79 Å². The van der Waals surface area contributed by atoms with E-state index in [0.717, 1.165) is 28.5 Å². The molecule has 0 bridgehead atoms. The van der Waals surface area contributed by atoms with E-state index in [9.17, 15) is 4.79 Å². The monoisotopic (exact) mass is 303 g/mol. The summed E-state index contributed by atoms with van der Waals surface area (Å²) in [6.45, 7) is 3.90. The third kappa shape index (κ3) is 2.56. The van der Waals surface area contributed by atoms with Crippen LogP contribution in [0.25, 0.3) is 0 Å². The number of nitrogens with zero attached hydrogens (tertiary/aromatic N) is 4. The Morgan fingerprint density at radius 3 is 3.00 bits per heavy atom. The smallest absolute Gasteiger partial charge is 0.324 e. The minimum Gasteiger partial charge on any atom is -0.374 e. The summed E-state index contributed by atoms with van der Waals surface area (Å²) in [5.41, 5.74) is 2.91. The molecule has 2 aromatic rings. The van der Waals surface area contributed by atoms with E-state index in [1.54, 1.807) is 9.80 Å². The van der Waals surface area contributed by atoms with E-state index in [1.165, 1.54) is 11.5 Å². The van der Waals surface area contributed by atoms with Crippen molar-refractivity contribution in [3.8, 4) is 0 Å². The summed E-state index contributed by atoms with van der Waals surface area (Å²) in [6.07, 6.45) is 0. The lowest BCUT2D eigenvalue weighted by Crippen LogP contribution is -2.44. The minimum atomic E-state index is -0.0100. The Bertz CT molecular complexity index is 656. The number of aromatic nitrogens is 2. The highest BCUT2D eigenvalue weighted by atomic mass is 32.1. The molecule has 0 saturated carbocycles. The number of nitrogens with one attached hydrogen (secondary N) is 1. The van der Waals surface area contributed by atoms with Gasteiger partial charge in [-0.3, -0.25) is 4.90 Å². The Balaban J connectivity index is 1.93. The number of rotatable bonds is 4. The van der Waals surface area contributed by atoms with Crippen LogP contribution in [0, 0.1) is 0 Å². The standard InChI is InChI=1S/C14H17N5OS/c1-3-15-13-11(16-17-21-13)9-19-12-7-5-4-6-10(12)8-18(2)14(19)20/h4-7,15H,3,8-9H2,1-2H3. The maximum atomic E-state index is 12.5. The second kappa shape index (κ2) is 5.69. The number of urea groups is 1. The van der Waals surface area contributed by atoms with E-state index in [0.29, 0.717) is 13.1 Å². The Morgan fingerprint density at radius 2 is 2.19 bits per heavy atom. The molecular weight excluding hydrogens is 286 g/mol. The summed E-state index contributed by atoms with van der Waals surface area (Å²) in [7, 11) is 1.82. The van der Waals surface area contributed by atoms with Crippen molar-refractivity contribution < 1.29 is 4.79 Å². The first-order valence-electron chi connectivity index (χ1n) is 6.86. The highest BCUT2D eigenvalue weighted by molar-refractivity contribution is 7.10. The van der Waals surface area contributed by atoms with Crippen LogP contribution in [0.2, 0.25) is 0 Å². The summed E-state index contributed by atoms with van der Waals surface area (Å²) < 4.78 is 3.98. The van der Waals surface area contributed by atoms with Gasteiger partial charge in [0.05, 0.1) is 12.2 Å². The highest BCUT2D eigenvalue weighted by Gasteiger charge is 2.29. The lowest BCUT2D eigenvalue weighted by Gasteiger charge is -2.34. The molecule has 1 aliphatic rings. The molecule has 1 aromatic heterocycles. The predicted octanol–water partition coefficient (Wildman–Crippen LogP) is 2.54. The van der Waals surface area contributed by atoms with Gasteiger partial charge in [0.25, 0.3) is 0 Å². The van der Waals surface area contributed by atoms with Gasteiger partial charge in [0.2, 0.25) is 0 Å². The minimum absolute atomic E-state index is 0.0100. The van der Waals surface area contributed by atoms with Gasteiger partial charge in [0, 0.05) is 31.7 Å². The molecule has 0 spiro atoms. The van der Waals surface area contributed by atoms with Crippen molar-refractivity contribution in [2.24, 2.45) is 0 Å². The van der Waals surface area contributed by atoms with Crippen LogP contribution in [0.4, 0.5) is 15.5 Å². The van der Waals surface area contributed by atoms with Gasteiger partial charge in [-0.15, -0.1) is 5.10 Å². The van der Waals surface area contributed by atoms with E-state index in [4.69, 9.17) is 0 Å². The fraction of sp³-hybridized carbons (Fsp3) is 0.357. The van der Waals surface area contributed by atoms with Crippen molar-refractivity contribution in [2.75, 3.05) is 23.8 Å². The number of carbonyl (C=O) groups excluding carboxylic acids is 1. The van der Waals surface area contributed by atoms with Crippen LogP contribution in [0.15, 0.2) is 24.3 Å². The molecule has 1 aliphatic heterocycles. The van der Waals surface area contributed by atoms with Crippen LogP contribution < -0.4 is 10.2 Å². The van der Waals surface area contributed by atoms with Crippen molar-refractivity contribution in [1.29, 1.82) is 0 Å². The fourth-order valence-corrected chi connectivity index (χ4v) is 3.09. The first kappa shape index (κ1) is 13.8. The van der Waals surface area contributed by atoms with E-state index in [-0.39, 0.29) is 6.03 Å². The molecule has 0 unspecified atom stereocenters. The second-order valence-electron chi connectivity index (χ2n) is 4.93. The number of hydrogen-bond acceptors (Lipinski definition) is 5. The third-order valence-electron chi connectivity index (χ3n) is 3.45. The first-order chi connectivity index (χ1) is 10.2. The van der Waals surface area contributed by atoms with Crippen molar-refractivity contribution in [1.82, 2.24) is 14.5 Å². The zero-order valence-corrected chi connectivity index (χ0v) is 12.9. The largest absolute Gasteiger partial charge is 0.374 e. The Labute approximate surface area is 127 Å². The summed E-state index contributed by atoms with van der Waals surface area (Å²) in [5.74, 6) is 0. The number of carbonyl (C=O) groups is 1. The molecule has 0 aliphatic carbocycles. The van der Waals surface area contributed by atoms with Crippen LogP contribution in [-0.4, -0.2) is 34.1 Å². The predicted molar refractivity (Wildman–Crippen MR) is 83.6 cm³/mol. The third-order valence-corrected chi connectivity index (χ3v) is 4.17. The summed E-state index contributed by atoms with van der Waals surface area (Å²) in [5, 5.41) is 8.32. The van der Waals surface area contributed by atoms with Crippen LogP contribution in [-0.2, 0) is 13.1 Å². The molecule has 0 fully saturated rings. The SMILES string of the molecule is CCNc1snnc1CN1C(=O)N(C)Cc2ccccc21. The summed E-state index contributed by atoms with van der Waals surface area (Å²) in [4.78, 5) is 15.9. The van der Waals surface area contributed by atoms with Crippen LogP contribution in [0.1, 0.15) is 18.2 Å². The quantitative estimate of drug-likeness (QED) is 0.943. The van der Waals surface area contributed by atoms with Gasteiger partial charge in [0.15, 0.2) is 0 Å². The number of fused-ring (bicyclic) bond motifs is 1. The fourth-order valence-electron chi connectivity index (χ4n) is 2.45. The second-order valence-corrected chi connectivity index (χ2v) is 5.69. The molecule has 3 rings (SSSR count). The maximum Gasteiger partial charge on any atom is 0.324 e. The lowest BCUT2D eigenvalue weighted by atomic mass is 10.1. The lowest BCUT2D eigenvalue weighted by molar-refractivity contribution is 0.210. The Morgan fingerprint density at radius 1 is 1.38 bits per heavy atom. The molecule has 6 nitrogen and oxygen atoms in total. The molecule has 2 heterocycles. The number of amides is 2. The van der Waals surface area contributed by atoms with E-state index in [2.05, 4.69) is 21.0 Å². The van der Waals surface area contributed by atoms with E-state index in [1.807, 2.05) is 32.2 Å². The zero-order chi connectivity index (χ0) is 14.8. The van der Waals surface area contributed by atoms with Gasteiger partial charge in [0.1, 0.15) is 10.7 Å². The van der Waals surface area contributed by atoms with Crippen molar-refractivity contribution in [3.63, 3.8) is 0 Å². The van der Waals surface area contributed by atoms with E-state index < -0.39 is 0 Å². The summed E-state index contributed by atoms with van der Waals surface area (Å²) >= 11 is 1.32. The van der Waals surface area contributed by atoms with Crippen molar-refractivity contribution in [2.45, 2.75) is 20.0 Å². The molecular formula is C14H17N5OS. The average Bonchev–Trinajstić information content (AvgIpc) is 2.91. The van der Waals surface area contributed by atoms with Gasteiger partial charge < -0.3 is 10.2 Å². The Kier molecular flexibility index (Phi) is 3.74. The normalized spacial score (nSPS) is 14.3. The van der Waals surface area contributed by atoms with Crippen LogP contribution in [0.3, 0.4) is 0 Å². The zero-order valence-electron chi connectivity index (χ0n) is 12.0. The van der Waals surface area contributed by atoms with Crippen molar-refractivity contribution in [3.05, 3.63) is 35.5 Å². The van der Waals surface area contributed by atoms with Crippen LogP contribution >= 0.6 is 11.5 Å². The molecule has 0 radical (unpaired) electrons. The molecule has 21 heavy (non-hydrogen) atoms. The molecule has 0 atom stereocenters. The number of benzene rings is 1. The topological polar surface area (TPSA) is 61.4 Å². The van der Waals surface area contributed by atoms with Crippen LogP contribution in [0.5, 0.6) is 0 Å². The van der Waals surface area contributed by atoms with Gasteiger partial charge >= 0.3 is 6.03 Å². The Hall–Kier alpha value is -2.15. The van der Waals surface area contributed by atoms with Gasteiger partial charge in [-0.1, -0.05) is 22.7 Å². The van der Waals surface area contributed by atoms with Crippen molar-refractivity contribution >= 4 is 28.3 Å². The molecule has 1 N–H and O–H groups in total. The number of hydrogen-bond donors (Lipinski definition) is 1. The molecule has 2 amide bonds. The molecule has 7 heteroatoms. The number of anilines is 2. The van der Waals surface area contributed by atoms with Gasteiger partial charge in [-0.2, -0.15) is 0 Å². The summed E-state index contributed by atoms with van der Waals surface area (Å²) in [6, 6.07) is 7.97. The molecule has 110 valence electrons. The van der Waals surface area contributed by atoms with E-state index >= 15 is 0 Å². The average molecular weight is 303 g/mol. The first-order valence-corrected chi connectivity index (χ1v) is 7.63. The highest BCUT2D eigenvalue weighted by Crippen LogP contribution is 2.30. The van der Waals surface area contributed by atoms with Gasteiger partial charge in [-0.05, 0) is 18.6 Å². The molecule has 0 saturated heterocycles. The maximum absolute atomic E-state index is 12.5. The number of para-hydroxylation sites is 1. The molecule has 1 aromatic carbocycles.